The zero-order valence-electron chi connectivity index (χ0n) is 13.1. The Morgan fingerprint density at radius 1 is 1.58 bits per heavy atom. The van der Waals surface area contributed by atoms with Crippen LogP contribution in [-0.4, -0.2) is 62.8 Å². The van der Waals surface area contributed by atoms with Gasteiger partial charge in [-0.15, -0.1) is 11.8 Å². The van der Waals surface area contributed by atoms with Crippen LogP contribution in [-0.2, 0) is 19.2 Å². The van der Waals surface area contributed by atoms with Gasteiger partial charge in [-0.1, -0.05) is 28.1 Å². The van der Waals surface area contributed by atoms with Crippen LogP contribution in [0.3, 0.4) is 0 Å². The molecule has 4 N–H and O–H groups in total. The van der Waals surface area contributed by atoms with Crippen molar-refractivity contribution in [1.82, 2.24) is 15.2 Å². The first-order chi connectivity index (χ1) is 12.3. The predicted octanol–water partition coefficient (Wildman–Crippen LogP) is 0.0976. The second-order valence-electron chi connectivity index (χ2n) is 5.07. The van der Waals surface area contributed by atoms with Gasteiger partial charge in [0.25, 0.3) is 11.8 Å². The van der Waals surface area contributed by atoms with Gasteiger partial charge in [0.1, 0.15) is 34.3 Å². The van der Waals surface area contributed by atoms with Crippen molar-refractivity contribution >= 4 is 63.3 Å². The number of rotatable bonds is 5. The molecule has 2 aliphatic rings. The van der Waals surface area contributed by atoms with E-state index < -0.39 is 29.2 Å². The summed E-state index contributed by atoms with van der Waals surface area (Å²) in [5, 5.41) is 14.9. The number of carboxylic acids is 1. The summed E-state index contributed by atoms with van der Waals surface area (Å²) in [6, 6.07) is -0.896. The number of aliphatic carboxylic acids is 1. The number of nitrogens with zero attached hydrogens (tertiary/aromatic N) is 3. The Bertz CT molecular complexity index is 854. The highest BCUT2D eigenvalue weighted by Crippen LogP contribution is 2.37. The van der Waals surface area contributed by atoms with E-state index in [-0.39, 0.29) is 26.6 Å². The summed E-state index contributed by atoms with van der Waals surface area (Å²) in [4.78, 5) is 45.8. The van der Waals surface area contributed by atoms with E-state index in [9.17, 15) is 14.4 Å². The van der Waals surface area contributed by atoms with E-state index in [1.54, 1.807) is 0 Å². The number of nitrogen functional groups attached to an aromatic ring is 1. The third-order valence-electron chi connectivity index (χ3n) is 3.58. The summed E-state index contributed by atoms with van der Waals surface area (Å²) in [6.07, 6.45) is 1.45. The van der Waals surface area contributed by atoms with Crippen molar-refractivity contribution in [2.45, 2.75) is 11.4 Å². The lowest BCUT2D eigenvalue weighted by molar-refractivity contribution is -0.150. The maximum atomic E-state index is 12.6. The van der Waals surface area contributed by atoms with Gasteiger partial charge >= 0.3 is 5.97 Å². The highest BCUT2D eigenvalue weighted by atomic mass is 35.5. The van der Waals surface area contributed by atoms with Crippen LogP contribution < -0.4 is 11.1 Å². The van der Waals surface area contributed by atoms with Gasteiger partial charge < -0.3 is 21.0 Å². The minimum Gasteiger partial charge on any atom is -0.477 e. The van der Waals surface area contributed by atoms with Gasteiger partial charge in [0, 0.05) is 5.75 Å². The number of hydrogen-bond acceptors (Lipinski definition) is 9. The molecule has 0 radical (unpaired) electrons. The number of fused-ring (bicyclic) bond motifs is 1. The van der Waals surface area contributed by atoms with Crippen LogP contribution >= 0.6 is 34.7 Å². The van der Waals surface area contributed by atoms with Gasteiger partial charge in [0.05, 0.1) is 0 Å². The third kappa shape index (κ3) is 3.10. The molecule has 2 amide bonds. The zero-order valence-corrected chi connectivity index (χ0v) is 15.5. The van der Waals surface area contributed by atoms with Crippen LogP contribution in [0.25, 0.3) is 0 Å². The first-order valence-electron chi connectivity index (χ1n) is 7.07. The summed E-state index contributed by atoms with van der Waals surface area (Å²) in [5.74, 6) is -2.04. The minimum absolute atomic E-state index is 0.0413. The minimum atomic E-state index is -1.19. The molecule has 0 unspecified atom stereocenters. The Balaban J connectivity index is 1.79. The van der Waals surface area contributed by atoms with Crippen LogP contribution in [0.2, 0.25) is 4.34 Å². The number of thioether (sulfide) groups is 1. The Hall–Kier alpha value is -2.31. The summed E-state index contributed by atoms with van der Waals surface area (Å²) < 4.78 is 0.151. The van der Waals surface area contributed by atoms with Gasteiger partial charge in [-0.2, -0.15) is 0 Å². The quantitative estimate of drug-likeness (QED) is 0.347. The Morgan fingerprint density at radius 3 is 2.88 bits per heavy atom. The number of hydrogen-bond donors (Lipinski definition) is 3. The van der Waals surface area contributed by atoms with E-state index in [1.165, 1.54) is 24.9 Å². The maximum absolute atomic E-state index is 12.6. The maximum Gasteiger partial charge on any atom is 0.352 e. The molecule has 3 heterocycles. The van der Waals surface area contributed by atoms with E-state index in [0.717, 1.165) is 16.2 Å². The number of carbonyl (C=O) groups excluding carboxylic acids is 2. The number of β-lactam (4-membered cyclic amide) rings is 1. The standard InChI is InChI=1S/C13H12ClN5O5S2/c1-24-18-6(5-8(14)26-13(15)17-5)9(20)16-7-10(21)19-4(12(22)23)2-3-25-11(7)19/h2,7,11H,3H2,1H3,(H2,15,17)(H,16,20)(H,22,23)/t7-,11+/m1/s1. The van der Waals surface area contributed by atoms with Crippen molar-refractivity contribution in [3.8, 4) is 0 Å². The number of aromatic nitrogens is 1. The predicted molar refractivity (Wildman–Crippen MR) is 95.8 cm³/mol. The SMILES string of the molecule is CON=C(C(=O)N[C@@H]1C(=O)N2C(C(=O)O)=CCS[C@@H]12)c1nc(N)sc1Cl. The monoisotopic (exact) mass is 417 g/mol. The van der Waals surface area contributed by atoms with Crippen molar-refractivity contribution in [3.63, 3.8) is 0 Å². The fraction of sp³-hybridized carbons (Fsp3) is 0.308. The van der Waals surface area contributed by atoms with Crippen molar-refractivity contribution < 1.29 is 24.3 Å². The molecule has 2 atom stereocenters. The van der Waals surface area contributed by atoms with Crippen molar-refractivity contribution in [2.24, 2.45) is 5.16 Å². The number of nitrogens with one attached hydrogen (secondary N) is 1. The first kappa shape index (κ1) is 18.5. The number of oxime groups is 1. The van der Waals surface area contributed by atoms with Gasteiger partial charge in [-0.05, 0) is 6.08 Å². The largest absolute Gasteiger partial charge is 0.477 e. The van der Waals surface area contributed by atoms with E-state index >= 15 is 0 Å². The first-order valence-corrected chi connectivity index (χ1v) is 9.31. The van der Waals surface area contributed by atoms with E-state index in [2.05, 4.69) is 20.3 Å². The van der Waals surface area contributed by atoms with Crippen LogP contribution in [0.15, 0.2) is 16.9 Å². The molecule has 1 saturated heterocycles. The molecule has 0 aromatic carbocycles. The lowest BCUT2D eigenvalue weighted by atomic mass is 10.0. The fourth-order valence-corrected chi connectivity index (χ4v) is 4.62. The Labute approximate surface area is 160 Å². The highest BCUT2D eigenvalue weighted by molar-refractivity contribution is 8.00. The Kier molecular flexibility index (Phi) is 5.07. The van der Waals surface area contributed by atoms with Crippen LogP contribution in [0.4, 0.5) is 5.13 Å². The van der Waals surface area contributed by atoms with Crippen molar-refractivity contribution in [2.75, 3.05) is 18.6 Å². The van der Waals surface area contributed by atoms with Gasteiger partial charge in [-0.25, -0.2) is 9.78 Å². The topological polar surface area (TPSA) is 147 Å². The average Bonchev–Trinajstić information content (AvgIpc) is 2.94. The van der Waals surface area contributed by atoms with Crippen LogP contribution in [0.1, 0.15) is 5.69 Å². The Morgan fingerprint density at radius 2 is 2.31 bits per heavy atom. The van der Waals surface area contributed by atoms with Gasteiger partial charge in [0.2, 0.25) is 0 Å². The number of carboxylic acid groups (broad SMARTS) is 1. The molecule has 3 rings (SSSR count). The average molecular weight is 418 g/mol. The number of thiazole rings is 1. The number of carbonyl (C=O) groups is 3. The molecule has 2 aliphatic heterocycles. The molecule has 1 aromatic rings. The molecule has 0 bridgehead atoms. The number of amides is 2. The molecule has 13 heteroatoms. The smallest absolute Gasteiger partial charge is 0.352 e. The summed E-state index contributed by atoms with van der Waals surface area (Å²) >= 11 is 8.31. The summed E-state index contributed by atoms with van der Waals surface area (Å²) in [6.45, 7) is 0. The second kappa shape index (κ2) is 7.13. The molecule has 10 nitrogen and oxygen atoms in total. The number of nitrogens with two attached hydrogens (primary N) is 1. The lowest BCUT2D eigenvalue weighted by Gasteiger charge is -2.48. The number of halogens is 1. The van der Waals surface area contributed by atoms with E-state index in [4.69, 9.17) is 22.4 Å². The molecule has 26 heavy (non-hydrogen) atoms. The molecular weight excluding hydrogens is 406 g/mol. The van der Waals surface area contributed by atoms with E-state index in [1.807, 2.05) is 0 Å². The molecule has 0 saturated carbocycles. The normalized spacial score (nSPS) is 22.2. The fourth-order valence-electron chi connectivity index (χ4n) is 2.49. The summed E-state index contributed by atoms with van der Waals surface area (Å²) in [5.41, 5.74) is 5.29. The lowest BCUT2D eigenvalue weighted by Crippen LogP contribution is -2.70. The van der Waals surface area contributed by atoms with Crippen molar-refractivity contribution in [1.29, 1.82) is 0 Å². The molecule has 1 fully saturated rings. The van der Waals surface area contributed by atoms with Gasteiger partial charge in [-0.3, -0.25) is 14.5 Å². The number of anilines is 1. The third-order valence-corrected chi connectivity index (χ3v) is 5.84. The highest BCUT2D eigenvalue weighted by Gasteiger charge is 2.53. The molecular formula is C13H12ClN5O5S2. The van der Waals surface area contributed by atoms with Crippen LogP contribution in [0.5, 0.6) is 0 Å². The molecule has 0 spiro atoms. The van der Waals surface area contributed by atoms with Crippen molar-refractivity contribution in [3.05, 3.63) is 21.8 Å². The molecule has 138 valence electrons. The molecule has 1 aromatic heterocycles. The van der Waals surface area contributed by atoms with E-state index in [0.29, 0.717) is 5.75 Å². The second-order valence-corrected chi connectivity index (χ2v) is 7.86. The summed E-state index contributed by atoms with van der Waals surface area (Å²) in [7, 11) is 1.24. The zero-order chi connectivity index (χ0) is 19.0. The van der Waals surface area contributed by atoms with Gasteiger partial charge in [0.15, 0.2) is 10.8 Å². The van der Waals surface area contributed by atoms with Crippen LogP contribution in [0, 0.1) is 0 Å². The molecule has 0 aliphatic carbocycles.